The molecule has 3 rings (SSSR count). The average Bonchev–Trinajstić information content (AvgIpc) is 2.87. The van der Waals surface area contributed by atoms with E-state index in [1.54, 1.807) is 24.4 Å². The van der Waals surface area contributed by atoms with Crippen LogP contribution in [0, 0.1) is 5.82 Å². The lowest BCUT2D eigenvalue weighted by molar-refractivity contribution is 0.0974. The number of aromatic nitrogens is 1. The van der Waals surface area contributed by atoms with Crippen molar-refractivity contribution in [1.29, 1.82) is 0 Å². The van der Waals surface area contributed by atoms with Gasteiger partial charge in [-0.25, -0.2) is 4.39 Å². The SMILES string of the molecule is NC(=O)c1ccc(-c2cc(F)cc3cccnc23)o1. The molecule has 0 unspecified atom stereocenters. The smallest absolute Gasteiger partial charge is 0.284 e. The van der Waals surface area contributed by atoms with Crippen LogP contribution >= 0.6 is 0 Å². The van der Waals surface area contributed by atoms with Crippen LogP contribution in [0.1, 0.15) is 10.6 Å². The standard InChI is InChI=1S/C14H9FN2O2/c15-9-6-8-2-1-5-17-13(8)10(7-9)11-3-4-12(19-11)14(16)18/h1-7H,(H2,16,18). The first-order valence-electron chi connectivity index (χ1n) is 5.59. The van der Waals surface area contributed by atoms with E-state index in [1.807, 2.05) is 0 Å². The van der Waals surface area contributed by atoms with Gasteiger partial charge in [0.25, 0.3) is 5.91 Å². The molecule has 0 atom stereocenters. The van der Waals surface area contributed by atoms with Gasteiger partial charge in [0.2, 0.25) is 0 Å². The van der Waals surface area contributed by atoms with E-state index in [-0.39, 0.29) is 5.76 Å². The monoisotopic (exact) mass is 256 g/mol. The molecule has 0 saturated heterocycles. The first kappa shape index (κ1) is 11.4. The number of benzene rings is 1. The van der Waals surface area contributed by atoms with Gasteiger partial charge in [0.15, 0.2) is 5.76 Å². The van der Waals surface area contributed by atoms with Crippen molar-refractivity contribution in [2.24, 2.45) is 5.73 Å². The highest BCUT2D eigenvalue weighted by molar-refractivity contribution is 5.94. The van der Waals surface area contributed by atoms with Crippen molar-refractivity contribution >= 4 is 16.8 Å². The minimum Gasteiger partial charge on any atom is -0.451 e. The van der Waals surface area contributed by atoms with Crippen LogP contribution in [0.15, 0.2) is 47.0 Å². The molecule has 0 aliphatic carbocycles. The fourth-order valence-corrected chi connectivity index (χ4v) is 1.96. The first-order chi connectivity index (χ1) is 9.15. The number of halogens is 1. The van der Waals surface area contributed by atoms with Gasteiger partial charge in [-0.1, -0.05) is 6.07 Å². The number of amides is 1. The van der Waals surface area contributed by atoms with Gasteiger partial charge >= 0.3 is 0 Å². The van der Waals surface area contributed by atoms with Crippen LogP contribution in [-0.2, 0) is 0 Å². The molecular formula is C14H9FN2O2. The van der Waals surface area contributed by atoms with Crippen LogP contribution in [0.25, 0.3) is 22.2 Å². The van der Waals surface area contributed by atoms with Gasteiger partial charge < -0.3 is 10.2 Å². The maximum atomic E-state index is 13.6. The summed E-state index contributed by atoms with van der Waals surface area (Å²) in [6.45, 7) is 0. The predicted molar refractivity (Wildman–Crippen MR) is 67.9 cm³/mol. The van der Waals surface area contributed by atoms with Crippen LogP contribution < -0.4 is 5.73 Å². The Kier molecular flexibility index (Phi) is 2.52. The largest absolute Gasteiger partial charge is 0.451 e. The van der Waals surface area contributed by atoms with Crippen molar-refractivity contribution in [1.82, 2.24) is 4.98 Å². The van der Waals surface area contributed by atoms with Gasteiger partial charge in [0.05, 0.1) is 5.52 Å². The van der Waals surface area contributed by atoms with Crippen LogP contribution in [0.4, 0.5) is 4.39 Å². The Morgan fingerprint density at radius 1 is 1.26 bits per heavy atom. The second-order valence-electron chi connectivity index (χ2n) is 4.06. The quantitative estimate of drug-likeness (QED) is 0.766. The fraction of sp³-hybridized carbons (Fsp3) is 0. The maximum Gasteiger partial charge on any atom is 0.284 e. The summed E-state index contributed by atoms with van der Waals surface area (Å²) < 4.78 is 18.9. The molecule has 19 heavy (non-hydrogen) atoms. The van der Waals surface area contributed by atoms with Crippen LogP contribution in [0.2, 0.25) is 0 Å². The van der Waals surface area contributed by atoms with Crippen LogP contribution in [0.5, 0.6) is 0 Å². The number of hydrogen-bond donors (Lipinski definition) is 1. The van der Waals surface area contributed by atoms with Crippen LogP contribution in [-0.4, -0.2) is 10.9 Å². The summed E-state index contributed by atoms with van der Waals surface area (Å²) in [5, 5.41) is 0.662. The third-order valence-corrected chi connectivity index (χ3v) is 2.78. The van der Waals surface area contributed by atoms with Gasteiger partial charge in [0, 0.05) is 17.1 Å². The third kappa shape index (κ3) is 1.95. The molecule has 5 heteroatoms. The third-order valence-electron chi connectivity index (χ3n) is 2.78. The number of nitrogens with zero attached hydrogens (tertiary/aromatic N) is 1. The molecule has 0 bridgehead atoms. The lowest BCUT2D eigenvalue weighted by Gasteiger charge is -2.03. The van der Waals surface area contributed by atoms with Gasteiger partial charge in [-0.2, -0.15) is 0 Å². The highest BCUT2D eigenvalue weighted by atomic mass is 19.1. The zero-order chi connectivity index (χ0) is 13.4. The zero-order valence-corrected chi connectivity index (χ0v) is 9.76. The maximum absolute atomic E-state index is 13.6. The van der Waals surface area contributed by atoms with Crippen molar-refractivity contribution in [2.75, 3.05) is 0 Å². The molecule has 0 radical (unpaired) electrons. The van der Waals surface area contributed by atoms with E-state index >= 15 is 0 Å². The number of fused-ring (bicyclic) bond motifs is 1. The number of carbonyl (C=O) groups is 1. The number of furan rings is 1. The van der Waals surface area contributed by atoms with Crippen LogP contribution in [0.3, 0.4) is 0 Å². The summed E-state index contributed by atoms with van der Waals surface area (Å²) >= 11 is 0. The summed E-state index contributed by atoms with van der Waals surface area (Å²) in [5.41, 5.74) is 6.22. The van der Waals surface area contributed by atoms with Gasteiger partial charge in [-0.15, -0.1) is 0 Å². The molecule has 4 nitrogen and oxygen atoms in total. The second kappa shape index (κ2) is 4.20. The molecule has 94 valence electrons. The summed E-state index contributed by atoms with van der Waals surface area (Å²) in [6.07, 6.45) is 1.61. The highest BCUT2D eigenvalue weighted by Gasteiger charge is 2.13. The second-order valence-corrected chi connectivity index (χ2v) is 4.06. The Balaban J connectivity index is 2.26. The van der Waals surface area contributed by atoms with Crippen molar-refractivity contribution in [2.45, 2.75) is 0 Å². The topological polar surface area (TPSA) is 69.1 Å². The van der Waals surface area contributed by atoms with E-state index in [2.05, 4.69) is 4.98 Å². The highest BCUT2D eigenvalue weighted by Crippen LogP contribution is 2.29. The van der Waals surface area contributed by atoms with E-state index in [9.17, 15) is 9.18 Å². The lowest BCUT2D eigenvalue weighted by Crippen LogP contribution is -2.09. The summed E-state index contributed by atoms with van der Waals surface area (Å²) in [7, 11) is 0. The molecule has 0 saturated carbocycles. The Bertz CT molecular complexity index is 780. The lowest BCUT2D eigenvalue weighted by atomic mass is 10.1. The normalized spacial score (nSPS) is 10.8. The summed E-state index contributed by atoms with van der Waals surface area (Å²) in [5.74, 6) is -0.673. The van der Waals surface area contributed by atoms with Gasteiger partial charge in [0.1, 0.15) is 11.6 Å². The number of rotatable bonds is 2. The summed E-state index contributed by atoms with van der Waals surface area (Å²) in [6, 6.07) is 9.22. The molecule has 1 aromatic carbocycles. The molecule has 0 fully saturated rings. The molecule has 0 aliphatic rings. The number of carbonyl (C=O) groups excluding carboxylic acids is 1. The molecule has 0 spiro atoms. The van der Waals surface area contributed by atoms with Crippen molar-refractivity contribution in [3.8, 4) is 11.3 Å². The number of primary amides is 1. The van der Waals surface area contributed by atoms with Crippen molar-refractivity contribution < 1.29 is 13.6 Å². The Labute approximate surface area is 107 Å². The summed E-state index contributed by atoms with van der Waals surface area (Å²) in [4.78, 5) is 15.2. The Morgan fingerprint density at radius 3 is 2.84 bits per heavy atom. The minimum atomic E-state index is -0.667. The number of nitrogens with two attached hydrogens (primary N) is 1. The van der Waals surface area contributed by atoms with Gasteiger partial charge in [-0.3, -0.25) is 9.78 Å². The fourth-order valence-electron chi connectivity index (χ4n) is 1.96. The average molecular weight is 256 g/mol. The Morgan fingerprint density at radius 2 is 2.11 bits per heavy atom. The molecule has 2 aromatic heterocycles. The van der Waals surface area contributed by atoms with Crippen molar-refractivity contribution in [3.05, 3.63) is 54.2 Å². The van der Waals surface area contributed by atoms with E-state index in [4.69, 9.17) is 10.2 Å². The van der Waals surface area contributed by atoms with Gasteiger partial charge in [-0.05, 0) is 30.3 Å². The predicted octanol–water partition coefficient (Wildman–Crippen LogP) is 2.73. The molecule has 0 aliphatic heterocycles. The molecule has 3 aromatic rings. The van der Waals surface area contributed by atoms with E-state index in [1.165, 1.54) is 18.2 Å². The van der Waals surface area contributed by atoms with E-state index in [0.717, 1.165) is 0 Å². The molecule has 1 amide bonds. The molecular weight excluding hydrogens is 247 g/mol. The molecule has 2 heterocycles. The zero-order valence-electron chi connectivity index (χ0n) is 9.76. The number of hydrogen-bond acceptors (Lipinski definition) is 3. The van der Waals surface area contributed by atoms with E-state index < -0.39 is 11.7 Å². The minimum absolute atomic E-state index is 0.0309. The number of pyridine rings is 1. The van der Waals surface area contributed by atoms with E-state index in [0.29, 0.717) is 22.2 Å². The first-order valence-corrected chi connectivity index (χ1v) is 5.59. The Hall–Kier alpha value is -2.69. The van der Waals surface area contributed by atoms with Crippen molar-refractivity contribution in [3.63, 3.8) is 0 Å². The molecule has 2 N–H and O–H groups in total.